The molecule has 0 saturated heterocycles. The number of aryl methyl sites for hydroxylation is 2. The molecule has 0 amide bonds. The molecule has 1 N–H and O–H groups in total. The summed E-state index contributed by atoms with van der Waals surface area (Å²) in [5, 5.41) is 3.49. The largest absolute Gasteiger partial charge is 0.316 e. The van der Waals surface area contributed by atoms with Gasteiger partial charge in [-0.15, -0.1) is 0 Å². The van der Waals surface area contributed by atoms with Crippen LogP contribution in [0, 0.1) is 25.7 Å². The second-order valence-corrected chi connectivity index (χ2v) is 6.28. The van der Waals surface area contributed by atoms with E-state index in [0.717, 1.165) is 37.7 Å². The van der Waals surface area contributed by atoms with E-state index >= 15 is 0 Å². The van der Waals surface area contributed by atoms with E-state index in [0.29, 0.717) is 5.92 Å². The minimum Gasteiger partial charge on any atom is -0.316 e. The van der Waals surface area contributed by atoms with Gasteiger partial charge in [-0.3, -0.25) is 0 Å². The Bertz CT molecular complexity index is 399. The van der Waals surface area contributed by atoms with Gasteiger partial charge in [-0.25, -0.2) is 9.97 Å². The van der Waals surface area contributed by atoms with Gasteiger partial charge in [0.15, 0.2) is 0 Å². The number of aromatic nitrogens is 2. The molecule has 0 radical (unpaired) electrons. The normalized spacial score (nSPS) is 15.2. The zero-order chi connectivity index (χ0) is 13.8. The number of nitrogens with one attached hydrogen (secondary N) is 1. The second-order valence-electron chi connectivity index (χ2n) is 6.28. The topological polar surface area (TPSA) is 37.8 Å². The molecule has 0 spiro atoms. The van der Waals surface area contributed by atoms with Gasteiger partial charge in [0.25, 0.3) is 0 Å². The van der Waals surface area contributed by atoms with Crippen molar-refractivity contribution in [2.24, 2.45) is 11.8 Å². The van der Waals surface area contributed by atoms with Crippen LogP contribution < -0.4 is 5.32 Å². The zero-order valence-electron chi connectivity index (χ0n) is 12.8. The molecule has 0 atom stereocenters. The van der Waals surface area contributed by atoms with Crippen LogP contribution in [0.25, 0.3) is 0 Å². The van der Waals surface area contributed by atoms with E-state index in [-0.39, 0.29) is 0 Å². The smallest absolute Gasteiger partial charge is 0.129 e. The lowest BCUT2D eigenvalue weighted by Crippen LogP contribution is -2.23. The molecular formula is C16H27N3. The fraction of sp³-hybridized carbons (Fsp3) is 0.750. The number of hydrogen-bond donors (Lipinski definition) is 1. The van der Waals surface area contributed by atoms with E-state index < -0.39 is 0 Å². The highest BCUT2D eigenvalue weighted by molar-refractivity contribution is 5.25. The van der Waals surface area contributed by atoms with Crippen molar-refractivity contribution >= 4 is 0 Å². The van der Waals surface area contributed by atoms with Crippen LogP contribution >= 0.6 is 0 Å². The van der Waals surface area contributed by atoms with Gasteiger partial charge < -0.3 is 5.32 Å². The molecule has 1 heterocycles. The predicted octanol–water partition coefficient (Wildman–Crippen LogP) is 2.83. The summed E-state index contributed by atoms with van der Waals surface area (Å²) >= 11 is 0. The summed E-state index contributed by atoms with van der Waals surface area (Å²) in [6, 6.07) is 0. The van der Waals surface area contributed by atoms with Crippen LogP contribution in [0.15, 0.2) is 0 Å². The highest BCUT2D eigenvalue weighted by Crippen LogP contribution is 2.31. The summed E-state index contributed by atoms with van der Waals surface area (Å²) in [6.45, 7) is 10.8. The van der Waals surface area contributed by atoms with E-state index in [2.05, 4.69) is 43.0 Å². The fourth-order valence-electron chi connectivity index (χ4n) is 2.45. The van der Waals surface area contributed by atoms with Crippen molar-refractivity contribution in [1.82, 2.24) is 15.3 Å². The summed E-state index contributed by atoms with van der Waals surface area (Å²) in [7, 11) is 0. The monoisotopic (exact) mass is 261 g/mol. The van der Waals surface area contributed by atoms with E-state index in [4.69, 9.17) is 0 Å². The molecule has 1 aromatic rings. The van der Waals surface area contributed by atoms with Gasteiger partial charge in [-0.05, 0) is 63.6 Å². The summed E-state index contributed by atoms with van der Waals surface area (Å²) in [5.41, 5.74) is 3.68. The van der Waals surface area contributed by atoms with Crippen LogP contribution in [0.5, 0.6) is 0 Å². The molecule has 1 aliphatic rings. The molecule has 1 aliphatic carbocycles. The quantitative estimate of drug-likeness (QED) is 0.767. The molecule has 1 fully saturated rings. The fourth-order valence-corrected chi connectivity index (χ4v) is 2.45. The minimum absolute atomic E-state index is 0.708. The third-order valence-electron chi connectivity index (χ3n) is 3.74. The van der Waals surface area contributed by atoms with Crippen LogP contribution in [0.2, 0.25) is 0 Å². The van der Waals surface area contributed by atoms with Crippen molar-refractivity contribution in [2.75, 3.05) is 13.1 Å². The summed E-state index contributed by atoms with van der Waals surface area (Å²) in [6.07, 6.45) is 4.84. The lowest BCUT2D eigenvalue weighted by Gasteiger charge is -2.12. The molecule has 2 rings (SSSR count). The summed E-state index contributed by atoms with van der Waals surface area (Å²) in [4.78, 5) is 9.38. The van der Waals surface area contributed by atoms with Gasteiger partial charge >= 0.3 is 0 Å². The number of nitrogens with zero attached hydrogens (tertiary/aromatic N) is 2. The number of hydrogen-bond acceptors (Lipinski definition) is 3. The van der Waals surface area contributed by atoms with Gasteiger partial charge in [0, 0.05) is 17.8 Å². The first-order valence-corrected chi connectivity index (χ1v) is 7.60. The molecule has 19 heavy (non-hydrogen) atoms. The van der Waals surface area contributed by atoms with Crippen molar-refractivity contribution in [1.29, 1.82) is 0 Å². The third kappa shape index (κ3) is 4.57. The Kier molecular flexibility index (Phi) is 4.92. The van der Waals surface area contributed by atoms with Crippen LogP contribution in [0.3, 0.4) is 0 Å². The Hall–Kier alpha value is -0.960. The summed E-state index contributed by atoms with van der Waals surface area (Å²) < 4.78 is 0. The van der Waals surface area contributed by atoms with E-state index in [9.17, 15) is 0 Å². The SMILES string of the molecule is Cc1nc(CC2CC2)nc(C)c1CCNCC(C)C. The van der Waals surface area contributed by atoms with Crippen LogP contribution in [0.4, 0.5) is 0 Å². The van der Waals surface area contributed by atoms with E-state index in [1.54, 1.807) is 0 Å². The summed E-state index contributed by atoms with van der Waals surface area (Å²) in [5.74, 6) is 2.62. The average Bonchev–Trinajstić information content (AvgIpc) is 3.10. The molecule has 3 nitrogen and oxygen atoms in total. The first-order valence-electron chi connectivity index (χ1n) is 7.60. The van der Waals surface area contributed by atoms with Crippen molar-refractivity contribution in [3.05, 3.63) is 22.8 Å². The first-order chi connectivity index (χ1) is 9.06. The Balaban J connectivity index is 1.92. The van der Waals surface area contributed by atoms with Gasteiger partial charge in [0.2, 0.25) is 0 Å². The van der Waals surface area contributed by atoms with Crippen molar-refractivity contribution in [2.45, 2.75) is 53.4 Å². The highest BCUT2D eigenvalue weighted by atomic mass is 14.9. The molecule has 1 aromatic heterocycles. The third-order valence-corrected chi connectivity index (χ3v) is 3.74. The maximum Gasteiger partial charge on any atom is 0.129 e. The van der Waals surface area contributed by atoms with Crippen molar-refractivity contribution < 1.29 is 0 Å². The van der Waals surface area contributed by atoms with Crippen LogP contribution in [-0.4, -0.2) is 23.1 Å². The molecule has 106 valence electrons. The van der Waals surface area contributed by atoms with Gasteiger partial charge in [0.05, 0.1) is 0 Å². The molecule has 3 heteroatoms. The molecule has 1 saturated carbocycles. The molecule has 0 unspecified atom stereocenters. The lowest BCUT2D eigenvalue weighted by molar-refractivity contribution is 0.552. The molecule has 0 bridgehead atoms. The van der Waals surface area contributed by atoms with Crippen LogP contribution in [-0.2, 0) is 12.8 Å². The Labute approximate surface area is 117 Å². The van der Waals surface area contributed by atoms with Gasteiger partial charge in [0.1, 0.15) is 5.82 Å². The average molecular weight is 261 g/mol. The molecule has 0 aliphatic heterocycles. The highest BCUT2D eigenvalue weighted by Gasteiger charge is 2.23. The minimum atomic E-state index is 0.708. The second kappa shape index (κ2) is 6.47. The maximum atomic E-state index is 4.69. The van der Waals surface area contributed by atoms with E-state index in [1.165, 1.54) is 29.8 Å². The van der Waals surface area contributed by atoms with Gasteiger partial charge in [-0.1, -0.05) is 13.8 Å². The van der Waals surface area contributed by atoms with Crippen LogP contribution in [0.1, 0.15) is 49.5 Å². The van der Waals surface area contributed by atoms with E-state index in [1.807, 2.05) is 0 Å². The Morgan fingerprint density at radius 3 is 2.32 bits per heavy atom. The lowest BCUT2D eigenvalue weighted by atomic mass is 10.1. The first kappa shape index (κ1) is 14.4. The number of rotatable bonds is 7. The Morgan fingerprint density at radius 2 is 1.79 bits per heavy atom. The molecule has 0 aromatic carbocycles. The van der Waals surface area contributed by atoms with Crippen molar-refractivity contribution in [3.63, 3.8) is 0 Å². The standard InChI is InChI=1S/C16H27N3/c1-11(2)10-17-8-7-15-12(3)18-16(19-13(15)4)9-14-5-6-14/h11,14,17H,5-10H2,1-4H3. The Morgan fingerprint density at radius 1 is 1.16 bits per heavy atom. The van der Waals surface area contributed by atoms with Crippen molar-refractivity contribution in [3.8, 4) is 0 Å². The molecular weight excluding hydrogens is 234 g/mol. The zero-order valence-corrected chi connectivity index (χ0v) is 12.8. The predicted molar refractivity (Wildman–Crippen MR) is 79.3 cm³/mol. The maximum absolute atomic E-state index is 4.69. The van der Waals surface area contributed by atoms with Gasteiger partial charge in [-0.2, -0.15) is 0 Å².